The molecule has 11 heteroatoms. The number of hydrogen-bond donors (Lipinski definition) is 1. The molecule has 3 aromatic heterocycles. The molecule has 7 nitrogen and oxygen atoms in total. The summed E-state index contributed by atoms with van der Waals surface area (Å²) in [6, 6.07) is 8.94. The van der Waals surface area contributed by atoms with Crippen LogP contribution >= 0.6 is 11.6 Å². The van der Waals surface area contributed by atoms with Gasteiger partial charge in [0, 0.05) is 35.9 Å². The fourth-order valence-corrected chi connectivity index (χ4v) is 4.25. The van der Waals surface area contributed by atoms with Gasteiger partial charge in [0.1, 0.15) is 11.6 Å². The molecule has 0 unspecified atom stereocenters. The minimum Gasteiger partial charge on any atom is -0.349 e. The van der Waals surface area contributed by atoms with E-state index in [9.17, 15) is 13.2 Å². The lowest BCUT2D eigenvalue weighted by Gasteiger charge is -2.31. The molecule has 0 atom stereocenters. The summed E-state index contributed by atoms with van der Waals surface area (Å²) in [5.41, 5.74) is 2.53. The minimum absolute atomic E-state index is 0.147. The van der Waals surface area contributed by atoms with Crippen LogP contribution in [0.2, 0.25) is 5.02 Å². The lowest BCUT2D eigenvalue weighted by Crippen LogP contribution is -2.33. The van der Waals surface area contributed by atoms with E-state index in [0.717, 1.165) is 17.4 Å². The number of nitrogens with zero attached hydrogens (tertiary/aromatic N) is 6. The van der Waals surface area contributed by atoms with Gasteiger partial charge in [0.15, 0.2) is 0 Å². The Hall–Kier alpha value is -3.40. The minimum atomic E-state index is -4.68. The zero-order valence-electron chi connectivity index (χ0n) is 17.6. The molecule has 0 bridgehead atoms. The van der Waals surface area contributed by atoms with Gasteiger partial charge in [-0.05, 0) is 43.7 Å². The van der Waals surface area contributed by atoms with Gasteiger partial charge in [-0.3, -0.25) is 4.68 Å². The number of aryl methyl sites for hydroxylation is 1. The first-order valence-corrected chi connectivity index (χ1v) is 10.8. The molecule has 1 aromatic carbocycles. The highest BCUT2D eigenvalue weighted by atomic mass is 35.5. The van der Waals surface area contributed by atoms with Crippen LogP contribution in [0.5, 0.6) is 0 Å². The Morgan fingerprint density at radius 2 is 2.03 bits per heavy atom. The van der Waals surface area contributed by atoms with Gasteiger partial charge in [-0.15, -0.1) is 0 Å². The van der Waals surface area contributed by atoms with Crippen molar-refractivity contribution in [1.29, 1.82) is 0 Å². The molecule has 1 aliphatic heterocycles. The van der Waals surface area contributed by atoms with Crippen LogP contribution in [0.1, 0.15) is 24.0 Å². The molecule has 33 heavy (non-hydrogen) atoms. The monoisotopic (exact) mass is 473 g/mol. The molecular formula is C22H19ClF3N7. The lowest BCUT2D eigenvalue weighted by molar-refractivity contribution is -0.145. The number of alkyl halides is 3. The molecule has 0 fully saturated rings. The Bertz CT molecular complexity index is 1340. The van der Waals surface area contributed by atoms with Crippen molar-refractivity contribution in [2.75, 3.05) is 16.8 Å². The van der Waals surface area contributed by atoms with Gasteiger partial charge < -0.3 is 10.2 Å². The highest BCUT2D eigenvalue weighted by molar-refractivity contribution is 6.32. The number of benzene rings is 1. The van der Waals surface area contributed by atoms with E-state index in [1.807, 2.05) is 28.6 Å². The summed E-state index contributed by atoms with van der Waals surface area (Å²) in [5, 5.41) is 8.72. The first-order valence-electron chi connectivity index (χ1n) is 10.4. The second-order valence-corrected chi connectivity index (χ2v) is 8.07. The Labute approximate surface area is 192 Å². The maximum Gasteiger partial charge on any atom is 0.451 e. The SMILES string of the molecule is CCn1ncc2cc(Nc3nc(C(F)(F)F)nc4c3CCN(c3ncccc3Cl)C4)ccc21. The number of halogens is 4. The standard InChI is InChI=1S/C22H19ClF3N7/c1-2-33-18-6-5-14(10-13(18)11-28-33)29-19-15-7-9-32(20-16(23)4-3-8-27-20)12-17(15)30-21(31-19)22(24,25)26/h3-6,8,10-11H,2,7,9,12H2,1H3,(H,29,30,31). The molecule has 170 valence electrons. The van der Waals surface area contributed by atoms with Gasteiger partial charge in [0.25, 0.3) is 0 Å². The fourth-order valence-electron chi connectivity index (χ4n) is 4.00. The van der Waals surface area contributed by atoms with Crippen molar-refractivity contribution in [3.63, 3.8) is 0 Å². The summed E-state index contributed by atoms with van der Waals surface area (Å²) in [7, 11) is 0. The quantitative estimate of drug-likeness (QED) is 0.438. The van der Waals surface area contributed by atoms with Crippen LogP contribution in [0, 0.1) is 0 Å². The van der Waals surface area contributed by atoms with E-state index in [2.05, 4.69) is 25.4 Å². The Morgan fingerprint density at radius 1 is 1.18 bits per heavy atom. The molecule has 0 saturated carbocycles. The highest BCUT2D eigenvalue weighted by Crippen LogP contribution is 2.35. The number of aromatic nitrogens is 5. The second kappa shape index (κ2) is 8.18. The van der Waals surface area contributed by atoms with Crippen LogP contribution in [0.25, 0.3) is 10.9 Å². The first-order chi connectivity index (χ1) is 15.8. The van der Waals surface area contributed by atoms with E-state index in [4.69, 9.17) is 11.6 Å². The largest absolute Gasteiger partial charge is 0.451 e. The molecule has 0 amide bonds. The molecule has 0 aliphatic carbocycles. The maximum absolute atomic E-state index is 13.6. The van der Waals surface area contributed by atoms with E-state index in [1.165, 1.54) is 0 Å². The van der Waals surface area contributed by atoms with E-state index < -0.39 is 12.0 Å². The van der Waals surface area contributed by atoms with Gasteiger partial charge in [0.05, 0.1) is 29.0 Å². The van der Waals surface area contributed by atoms with Crippen LogP contribution in [-0.4, -0.2) is 31.3 Å². The molecule has 4 heterocycles. The third kappa shape index (κ3) is 4.06. The van der Waals surface area contributed by atoms with Crippen LogP contribution in [-0.2, 0) is 25.7 Å². The molecule has 0 saturated heterocycles. The normalized spacial score (nSPS) is 13.9. The molecule has 1 N–H and O–H groups in total. The first kappa shape index (κ1) is 21.4. The third-order valence-corrected chi connectivity index (χ3v) is 5.86. The van der Waals surface area contributed by atoms with Crippen molar-refractivity contribution in [3.8, 4) is 0 Å². The molecule has 0 spiro atoms. The average molecular weight is 474 g/mol. The topological polar surface area (TPSA) is 71.8 Å². The molecule has 5 rings (SSSR count). The van der Waals surface area contributed by atoms with E-state index in [1.54, 1.807) is 30.6 Å². The smallest absolute Gasteiger partial charge is 0.349 e. The number of rotatable bonds is 4. The number of nitrogens with one attached hydrogen (secondary N) is 1. The molecule has 4 aromatic rings. The summed E-state index contributed by atoms with van der Waals surface area (Å²) in [6.45, 7) is 3.39. The number of anilines is 3. The summed E-state index contributed by atoms with van der Waals surface area (Å²) in [5.74, 6) is -0.510. The van der Waals surface area contributed by atoms with Gasteiger partial charge in [-0.1, -0.05) is 11.6 Å². The number of fused-ring (bicyclic) bond motifs is 2. The van der Waals surface area contributed by atoms with Gasteiger partial charge in [-0.25, -0.2) is 15.0 Å². The fraction of sp³-hybridized carbons (Fsp3) is 0.273. The predicted molar refractivity (Wildman–Crippen MR) is 120 cm³/mol. The van der Waals surface area contributed by atoms with Crippen LogP contribution in [0.4, 0.5) is 30.5 Å². The summed E-state index contributed by atoms with van der Waals surface area (Å²) in [4.78, 5) is 13.8. The van der Waals surface area contributed by atoms with Crippen molar-refractivity contribution >= 4 is 39.8 Å². The maximum atomic E-state index is 13.6. The zero-order valence-corrected chi connectivity index (χ0v) is 18.3. The molecular weight excluding hydrogens is 455 g/mol. The molecule has 0 radical (unpaired) electrons. The lowest BCUT2D eigenvalue weighted by atomic mass is 10.0. The van der Waals surface area contributed by atoms with Crippen LogP contribution in [0.3, 0.4) is 0 Å². The highest BCUT2D eigenvalue weighted by Gasteiger charge is 2.37. The summed E-state index contributed by atoms with van der Waals surface area (Å²) < 4.78 is 42.7. The van der Waals surface area contributed by atoms with Crippen molar-refractivity contribution in [3.05, 3.63) is 64.8 Å². The molecule has 1 aliphatic rings. The van der Waals surface area contributed by atoms with Gasteiger partial charge >= 0.3 is 6.18 Å². The average Bonchev–Trinajstić information content (AvgIpc) is 3.20. The van der Waals surface area contributed by atoms with E-state index in [-0.39, 0.29) is 12.4 Å². The Kier molecular flexibility index (Phi) is 5.32. The third-order valence-electron chi connectivity index (χ3n) is 5.56. The van der Waals surface area contributed by atoms with Crippen LogP contribution < -0.4 is 10.2 Å². The van der Waals surface area contributed by atoms with E-state index in [0.29, 0.717) is 40.8 Å². The van der Waals surface area contributed by atoms with Crippen LogP contribution in [0.15, 0.2) is 42.7 Å². The predicted octanol–water partition coefficient (Wildman–Crippen LogP) is 5.22. The second-order valence-electron chi connectivity index (χ2n) is 7.66. The van der Waals surface area contributed by atoms with Crippen molar-refractivity contribution < 1.29 is 13.2 Å². The van der Waals surface area contributed by atoms with E-state index >= 15 is 0 Å². The number of pyridine rings is 1. The number of hydrogen-bond acceptors (Lipinski definition) is 6. The van der Waals surface area contributed by atoms with Crippen molar-refractivity contribution in [2.24, 2.45) is 0 Å². The summed E-state index contributed by atoms with van der Waals surface area (Å²) in [6.07, 6.45) is -0.905. The van der Waals surface area contributed by atoms with Gasteiger partial charge in [-0.2, -0.15) is 18.3 Å². The zero-order chi connectivity index (χ0) is 23.2. The van der Waals surface area contributed by atoms with Crippen molar-refractivity contribution in [2.45, 2.75) is 32.6 Å². The Morgan fingerprint density at radius 3 is 2.79 bits per heavy atom. The van der Waals surface area contributed by atoms with Gasteiger partial charge in [0.2, 0.25) is 5.82 Å². The Balaban J connectivity index is 1.53. The summed E-state index contributed by atoms with van der Waals surface area (Å²) >= 11 is 6.25. The van der Waals surface area contributed by atoms with Crippen molar-refractivity contribution in [1.82, 2.24) is 24.7 Å².